The first-order valence-corrected chi connectivity index (χ1v) is 5.57. The highest BCUT2D eigenvalue weighted by atomic mass is 35.5. The third-order valence-electron chi connectivity index (χ3n) is 2.56. The smallest absolute Gasteiger partial charge is 0.222 e. The van der Waals surface area contributed by atoms with E-state index in [0.29, 0.717) is 25.4 Å². The Kier molecular flexibility index (Phi) is 12.0. The SMILES string of the molecule is COC(CN)CC(=O)NCC(OC)C(C)C.Cl. The molecule has 2 unspecified atom stereocenters. The highest BCUT2D eigenvalue weighted by molar-refractivity contribution is 5.85. The van der Waals surface area contributed by atoms with Crippen molar-refractivity contribution in [3.8, 4) is 0 Å². The fraction of sp³-hybridized carbons (Fsp3) is 0.909. The van der Waals surface area contributed by atoms with Gasteiger partial charge in [0.25, 0.3) is 0 Å². The second kappa shape index (κ2) is 10.8. The summed E-state index contributed by atoms with van der Waals surface area (Å²) in [7, 11) is 3.20. The summed E-state index contributed by atoms with van der Waals surface area (Å²) in [6, 6.07) is 0. The van der Waals surface area contributed by atoms with E-state index in [1.165, 1.54) is 0 Å². The van der Waals surface area contributed by atoms with E-state index in [1.807, 2.05) is 0 Å². The lowest BCUT2D eigenvalue weighted by molar-refractivity contribution is -0.124. The molecule has 0 spiro atoms. The second-order valence-electron chi connectivity index (χ2n) is 4.12. The van der Waals surface area contributed by atoms with E-state index in [4.69, 9.17) is 15.2 Å². The Labute approximate surface area is 110 Å². The molecule has 0 aliphatic rings. The van der Waals surface area contributed by atoms with E-state index in [9.17, 15) is 4.79 Å². The van der Waals surface area contributed by atoms with Gasteiger partial charge in [-0.3, -0.25) is 4.79 Å². The van der Waals surface area contributed by atoms with E-state index < -0.39 is 0 Å². The van der Waals surface area contributed by atoms with Gasteiger partial charge in [0.2, 0.25) is 5.91 Å². The van der Waals surface area contributed by atoms with Crippen LogP contribution in [0.2, 0.25) is 0 Å². The van der Waals surface area contributed by atoms with Crippen molar-refractivity contribution in [1.29, 1.82) is 0 Å². The molecular formula is C11H25ClN2O3. The predicted molar refractivity (Wildman–Crippen MR) is 70.4 cm³/mol. The van der Waals surface area contributed by atoms with Crippen molar-refractivity contribution in [3.63, 3.8) is 0 Å². The van der Waals surface area contributed by atoms with Gasteiger partial charge in [0.1, 0.15) is 0 Å². The monoisotopic (exact) mass is 268 g/mol. The lowest BCUT2D eigenvalue weighted by Gasteiger charge is -2.20. The molecule has 0 saturated heterocycles. The molecule has 0 fully saturated rings. The zero-order chi connectivity index (χ0) is 12.6. The summed E-state index contributed by atoms with van der Waals surface area (Å²) >= 11 is 0. The molecule has 104 valence electrons. The number of methoxy groups -OCH3 is 2. The van der Waals surface area contributed by atoms with Gasteiger partial charge >= 0.3 is 0 Å². The molecule has 17 heavy (non-hydrogen) atoms. The van der Waals surface area contributed by atoms with Crippen LogP contribution >= 0.6 is 12.4 Å². The molecule has 0 aliphatic carbocycles. The number of amides is 1. The summed E-state index contributed by atoms with van der Waals surface area (Å²) in [5, 5.41) is 2.81. The number of nitrogens with two attached hydrogens (primary N) is 1. The Balaban J connectivity index is 0. The van der Waals surface area contributed by atoms with Gasteiger partial charge in [-0.2, -0.15) is 0 Å². The van der Waals surface area contributed by atoms with Crippen molar-refractivity contribution in [2.75, 3.05) is 27.3 Å². The average Bonchev–Trinajstić information content (AvgIpc) is 2.26. The fourth-order valence-corrected chi connectivity index (χ4v) is 1.35. The van der Waals surface area contributed by atoms with Crippen LogP contribution in [0.1, 0.15) is 20.3 Å². The quantitative estimate of drug-likeness (QED) is 0.675. The van der Waals surface area contributed by atoms with Gasteiger partial charge in [0, 0.05) is 27.3 Å². The molecule has 0 aromatic heterocycles. The van der Waals surface area contributed by atoms with Crippen LogP contribution in [-0.2, 0) is 14.3 Å². The minimum absolute atomic E-state index is 0. The van der Waals surface area contributed by atoms with Gasteiger partial charge in [0.15, 0.2) is 0 Å². The second-order valence-corrected chi connectivity index (χ2v) is 4.12. The number of carbonyl (C=O) groups is 1. The van der Waals surface area contributed by atoms with Crippen molar-refractivity contribution < 1.29 is 14.3 Å². The van der Waals surface area contributed by atoms with Crippen LogP contribution in [0.4, 0.5) is 0 Å². The average molecular weight is 269 g/mol. The highest BCUT2D eigenvalue weighted by Gasteiger charge is 2.15. The molecule has 5 nitrogen and oxygen atoms in total. The number of ether oxygens (including phenoxy) is 2. The molecule has 0 aromatic rings. The van der Waals surface area contributed by atoms with Crippen LogP contribution in [0.3, 0.4) is 0 Å². The van der Waals surface area contributed by atoms with Crippen LogP contribution in [0.15, 0.2) is 0 Å². The summed E-state index contributed by atoms with van der Waals surface area (Å²) in [4.78, 5) is 11.5. The molecule has 0 aliphatic heterocycles. The van der Waals surface area contributed by atoms with Crippen LogP contribution < -0.4 is 11.1 Å². The topological polar surface area (TPSA) is 73.6 Å². The first-order valence-electron chi connectivity index (χ1n) is 5.57. The Bertz CT molecular complexity index is 199. The summed E-state index contributed by atoms with van der Waals surface area (Å²) in [6.45, 7) is 4.98. The zero-order valence-corrected chi connectivity index (χ0v) is 11.9. The van der Waals surface area contributed by atoms with E-state index in [2.05, 4.69) is 19.2 Å². The molecule has 3 N–H and O–H groups in total. The summed E-state index contributed by atoms with van der Waals surface area (Å²) in [5.41, 5.74) is 5.43. The molecular weight excluding hydrogens is 244 g/mol. The van der Waals surface area contributed by atoms with Gasteiger partial charge < -0.3 is 20.5 Å². The molecule has 2 atom stereocenters. The Morgan fingerprint density at radius 3 is 2.24 bits per heavy atom. The van der Waals surface area contributed by atoms with Crippen LogP contribution in [-0.4, -0.2) is 45.4 Å². The molecule has 1 amide bonds. The molecule has 6 heteroatoms. The third kappa shape index (κ3) is 8.37. The molecule has 0 aromatic carbocycles. The largest absolute Gasteiger partial charge is 0.380 e. The van der Waals surface area contributed by atoms with E-state index >= 15 is 0 Å². The first kappa shape index (κ1) is 19.0. The summed E-state index contributed by atoms with van der Waals surface area (Å²) < 4.78 is 10.3. The number of halogens is 1. The van der Waals surface area contributed by atoms with Gasteiger partial charge in [-0.15, -0.1) is 12.4 Å². The lowest BCUT2D eigenvalue weighted by atomic mass is 10.1. The summed E-state index contributed by atoms with van der Waals surface area (Å²) in [5.74, 6) is 0.318. The normalized spacial score (nSPS) is 14.0. The van der Waals surface area contributed by atoms with Crippen LogP contribution in [0, 0.1) is 5.92 Å². The molecule has 0 heterocycles. The van der Waals surface area contributed by atoms with Gasteiger partial charge in [-0.25, -0.2) is 0 Å². The minimum Gasteiger partial charge on any atom is -0.380 e. The fourth-order valence-electron chi connectivity index (χ4n) is 1.35. The van der Waals surface area contributed by atoms with Crippen LogP contribution in [0.5, 0.6) is 0 Å². The Morgan fingerprint density at radius 1 is 1.29 bits per heavy atom. The maximum Gasteiger partial charge on any atom is 0.222 e. The zero-order valence-electron chi connectivity index (χ0n) is 11.1. The molecule has 0 rings (SSSR count). The predicted octanol–water partition coefficient (Wildman–Crippen LogP) is 0.559. The maximum absolute atomic E-state index is 11.5. The minimum atomic E-state index is -0.208. The van der Waals surface area contributed by atoms with E-state index in [-0.39, 0.29) is 30.5 Å². The van der Waals surface area contributed by atoms with Gasteiger partial charge in [-0.1, -0.05) is 13.8 Å². The molecule has 0 saturated carbocycles. The highest BCUT2D eigenvalue weighted by Crippen LogP contribution is 2.04. The van der Waals surface area contributed by atoms with E-state index in [0.717, 1.165) is 0 Å². The molecule has 0 bridgehead atoms. The van der Waals surface area contributed by atoms with Crippen molar-refractivity contribution in [2.45, 2.75) is 32.5 Å². The lowest BCUT2D eigenvalue weighted by Crippen LogP contribution is -2.38. The summed E-state index contributed by atoms with van der Waals surface area (Å²) in [6.07, 6.45) is 0.129. The maximum atomic E-state index is 11.5. The van der Waals surface area contributed by atoms with Crippen molar-refractivity contribution in [1.82, 2.24) is 5.32 Å². The van der Waals surface area contributed by atoms with E-state index in [1.54, 1.807) is 14.2 Å². The Morgan fingerprint density at radius 2 is 1.88 bits per heavy atom. The van der Waals surface area contributed by atoms with Crippen LogP contribution in [0.25, 0.3) is 0 Å². The number of hydrogen-bond donors (Lipinski definition) is 2. The number of carbonyl (C=O) groups excluding carboxylic acids is 1. The van der Waals surface area contributed by atoms with Crippen molar-refractivity contribution in [2.24, 2.45) is 11.7 Å². The van der Waals surface area contributed by atoms with Crippen molar-refractivity contribution >= 4 is 18.3 Å². The number of rotatable bonds is 8. The molecule has 0 radical (unpaired) electrons. The Hall–Kier alpha value is -0.360. The third-order valence-corrected chi connectivity index (χ3v) is 2.56. The first-order chi connectivity index (χ1) is 7.54. The van der Waals surface area contributed by atoms with Gasteiger partial charge in [-0.05, 0) is 5.92 Å². The number of hydrogen-bond acceptors (Lipinski definition) is 4. The van der Waals surface area contributed by atoms with Gasteiger partial charge in [0.05, 0.1) is 18.6 Å². The standard InChI is InChI=1S/C11H24N2O3.ClH/c1-8(2)10(16-4)7-13-11(14)5-9(6-12)15-3;/h8-10H,5-7,12H2,1-4H3,(H,13,14);1H. The number of nitrogens with one attached hydrogen (secondary N) is 1. The van der Waals surface area contributed by atoms with Crippen molar-refractivity contribution in [3.05, 3.63) is 0 Å².